The Morgan fingerprint density at radius 2 is 2.29 bits per heavy atom. The summed E-state index contributed by atoms with van der Waals surface area (Å²) in [4.78, 5) is 0. The van der Waals surface area contributed by atoms with Crippen LogP contribution in [0.2, 0.25) is 0 Å². The van der Waals surface area contributed by atoms with Gasteiger partial charge in [0.25, 0.3) is 0 Å². The molecular formula is C11H14N2S. The van der Waals surface area contributed by atoms with Crippen molar-refractivity contribution in [1.82, 2.24) is 0 Å². The highest BCUT2D eigenvalue weighted by atomic mass is 32.1. The monoisotopic (exact) mass is 206 g/mol. The molecule has 1 rings (SSSR count). The Kier molecular flexibility index (Phi) is 3.73. The Bertz CT molecular complexity index is 382. The summed E-state index contributed by atoms with van der Waals surface area (Å²) < 4.78 is 0. The third-order valence-electron chi connectivity index (χ3n) is 2.11. The number of hydrogen-bond donors (Lipinski definition) is 1. The Balaban J connectivity index is 3.09. The summed E-state index contributed by atoms with van der Waals surface area (Å²) in [7, 11) is 0. The van der Waals surface area contributed by atoms with E-state index < -0.39 is 0 Å². The molecule has 1 heterocycles. The van der Waals surface area contributed by atoms with Gasteiger partial charge in [0.1, 0.15) is 0 Å². The van der Waals surface area contributed by atoms with Crippen molar-refractivity contribution >= 4 is 17.0 Å². The molecule has 0 aliphatic rings. The molecule has 74 valence electrons. The molecule has 2 nitrogen and oxygen atoms in total. The topological polar surface area (TPSA) is 49.8 Å². The lowest BCUT2D eigenvalue weighted by atomic mass is 10.0. The predicted molar refractivity (Wildman–Crippen MR) is 60.7 cm³/mol. The second-order valence-corrected chi connectivity index (χ2v) is 3.97. The molecule has 0 unspecified atom stereocenters. The van der Waals surface area contributed by atoms with E-state index in [-0.39, 0.29) is 0 Å². The first-order chi connectivity index (χ1) is 6.70. The number of aryl methyl sites for hydroxylation is 1. The highest BCUT2D eigenvalue weighted by Crippen LogP contribution is 2.23. The molecule has 0 fully saturated rings. The van der Waals surface area contributed by atoms with Crippen molar-refractivity contribution in [3.8, 4) is 6.07 Å². The standard InChI is InChI=1S/C11H14N2S/c1-3-4-9(5-12)11(13)10-7-14-6-8(10)2/h6-7H,3-4,13H2,1-2H3/b11-9-. The number of nitrogens with zero attached hydrogens (tertiary/aromatic N) is 1. The van der Waals surface area contributed by atoms with Crippen molar-refractivity contribution in [3.63, 3.8) is 0 Å². The van der Waals surface area contributed by atoms with Crippen LogP contribution in [-0.2, 0) is 0 Å². The molecule has 0 saturated carbocycles. The molecule has 0 aliphatic heterocycles. The van der Waals surface area contributed by atoms with Crippen LogP contribution in [-0.4, -0.2) is 0 Å². The maximum absolute atomic E-state index is 8.93. The van der Waals surface area contributed by atoms with E-state index in [1.54, 1.807) is 11.3 Å². The third kappa shape index (κ3) is 2.15. The molecule has 1 aromatic heterocycles. The summed E-state index contributed by atoms with van der Waals surface area (Å²) in [6, 6.07) is 2.18. The lowest BCUT2D eigenvalue weighted by Crippen LogP contribution is -2.01. The van der Waals surface area contributed by atoms with E-state index in [1.165, 1.54) is 0 Å². The van der Waals surface area contributed by atoms with Crippen LogP contribution < -0.4 is 5.73 Å². The number of nitriles is 1. The smallest absolute Gasteiger partial charge is 0.0968 e. The van der Waals surface area contributed by atoms with Gasteiger partial charge in [-0.3, -0.25) is 0 Å². The quantitative estimate of drug-likeness (QED) is 0.773. The van der Waals surface area contributed by atoms with Gasteiger partial charge in [-0.05, 0) is 24.3 Å². The molecule has 3 heteroatoms. The van der Waals surface area contributed by atoms with Crippen LogP contribution >= 0.6 is 11.3 Å². The normalized spacial score (nSPS) is 12.1. The van der Waals surface area contributed by atoms with Gasteiger partial charge in [-0.1, -0.05) is 13.3 Å². The Morgan fingerprint density at radius 3 is 2.71 bits per heavy atom. The largest absolute Gasteiger partial charge is 0.397 e. The number of rotatable bonds is 3. The Labute approximate surface area is 88.7 Å². The Hall–Kier alpha value is -1.27. The zero-order valence-corrected chi connectivity index (χ0v) is 9.32. The summed E-state index contributed by atoms with van der Waals surface area (Å²) in [6.07, 6.45) is 1.71. The molecule has 0 aromatic carbocycles. The van der Waals surface area contributed by atoms with Gasteiger partial charge in [0.2, 0.25) is 0 Å². The molecule has 0 saturated heterocycles. The van der Waals surface area contributed by atoms with Crippen molar-refractivity contribution in [2.24, 2.45) is 5.73 Å². The molecule has 14 heavy (non-hydrogen) atoms. The zero-order chi connectivity index (χ0) is 10.6. The zero-order valence-electron chi connectivity index (χ0n) is 8.50. The third-order valence-corrected chi connectivity index (χ3v) is 2.97. The molecule has 0 amide bonds. The fraction of sp³-hybridized carbons (Fsp3) is 0.364. The van der Waals surface area contributed by atoms with Crippen molar-refractivity contribution in [3.05, 3.63) is 27.5 Å². The first kappa shape index (κ1) is 10.8. The van der Waals surface area contributed by atoms with Gasteiger partial charge in [-0.25, -0.2) is 0 Å². The predicted octanol–water partition coefficient (Wildman–Crippen LogP) is 3.05. The summed E-state index contributed by atoms with van der Waals surface area (Å²) in [6.45, 7) is 4.06. The number of hydrogen-bond acceptors (Lipinski definition) is 3. The van der Waals surface area contributed by atoms with Crippen LogP contribution in [0.3, 0.4) is 0 Å². The van der Waals surface area contributed by atoms with E-state index in [9.17, 15) is 0 Å². The fourth-order valence-corrected chi connectivity index (χ4v) is 2.15. The second kappa shape index (κ2) is 4.83. The van der Waals surface area contributed by atoms with E-state index in [4.69, 9.17) is 11.0 Å². The first-order valence-electron chi connectivity index (χ1n) is 4.62. The Morgan fingerprint density at radius 1 is 1.57 bits per heavy atom. The van der Waals surface area contributed by atoms with E-state index in [2.05, 4.69) is 6.07 Å². The van der Waals surface area contributed by atoms with E-state index in [1.807, 2.05) is 24.6 Å². The summed E-state index contributed by atoms with van der Waals surface area (Å²) in [5, 5.41) is 13.0. The van der Waals surface area contributed by atoms with Crippen LogP contribution in [0.25, 0.3) is 5.70 Å². The average Bonchev–Trinajstić information content (AvgIpc) is 2.59. The molecule has 0 spiro atoms. The minimum Gasteiger partial charge on any atom is -0.397 e. The first-order valence-corrected chi connectivity index (χ1v) is 5.56. The lowest BCUT2D eigenvalue weighted by Gasteiger charge is -2.03. The molecule has 0 aliphatic carbocycles. The van der Waals surface area contributed by atoms with Crippen molar-refractivity contribution in [2.45, 2.75) is 26.7 Å². The highest BCUT2D eigenvalue weighted by Gasteiger charge is 2.07. The van der Waals surface area contributed by atoms with Gasteiger partial charge in [-0.2, -0.15) is 16.6 Å². The summed E-state index contributed by atoms with van der Waals surface area (Å²) >= 11 is 1.62. The van der Waals surface area contributed by atoms with Crippen molar-refractivity contribution in [2.75, 3.05) is 0 Å². The maximum atomic E-state index is 8.93. The number of thiophene rings is 1. The minimum atomic E-state index is 0.646. The van der Waals surface area contributed by atoms with Gasteiger partial charge in [0.15, 0.2) is 0 Å². The van der Waals surface area contributed by atoms with Gasteiger partial charge in [0, 0.05) is 10.9 Å². The highest BCUT2D eigenvalue weighted by molar-refractivity contribution is 7.08. The molecule has 0 bridgehead atoms. The van der Waals surface area contributed by atoms with Gasteiger partial charge >= 0.3 is 0 Å². The molecule has 2 N–H and O–H groups in total. The molecule has 0 atom stereocenters. The maximum Gasteiger partial charge on any atom is 0.0968 e. The van der Waals surface area contributed by atoms with Gasteiger partial charge in [-0.15, -0.1) is 0 Å². The van der Waals surface area contributed by atoms with Crippen molar-refractivity contribution < 1.29 is 0 Å². The van der Waals surface area contributed by atoms with E-state index >= 15 is 0 Å². The summed E-state index contributed by atoms with van der Waals surface area (Å²) in [5.74, 6) is 0. The SMILES string of the molecule is CCC/C(C#N)=C(/N)c1cscc1C. The van der Waals surface area contributed by atoms with Crippen LogP contribution in [0.5, 0.6) is 0 Å². The van der Waals surface area contributed by atoms with Crippen LogP contribution in [0.4, 0.5) is 0 Å². The lowest BCUT2D eigenvalue weighted by molar-refractivity contribution is 0.929. The fourth-order valence-electron chi connectivity index (χ4n) is 1.30. The number of allylic oxidation sites excluding steroid dienone is 1. The molecule has 0 radical (unpaired) electrons. The average molecular weight is 206 g/mol. The van der Waals surface area contributed by atoms with Gasteiger partial charge in [0.05, 0.1) is 17.3 Å². The van der Waals surface area contributed by atoms with Crippen LogP contribution in [0, 0.1) is 18.3 Å². The summed E-state index contributed by atoms with van der Waals surface area (Å²) in [5.41, 5.74) is 9.46. The molecule has 1 aromatic rings. The number of nitrogens with two attached hydrogens (primary N) is 1. The van der Waals surface area contributed by atoms with Crippen molar-refractivity contribution in [1.29, 1.82) is 5.26 Å². The van der Waals surface area contributed by atoms with Crippen LogP contribution in [0.1, 0.15) is 30.9 Å². The van der Waals surface area contributed by atoms with E-state index in [0.29, 0.717) is 11.3 Å². The van der Waals surface area contributed by atoms with E-state index in [0.717, 1.165) is 24.0 Å². The van der Waals surface area contributed by atoms with Gasteiger partial charge < -0.3 is 5.73 Å². The van der Waals surface area contributed by atoms with Crippen LogP contribution in [0.15, 0.2) is 16.3 Å². The minimum absolute atomic E-state index is 0.646. The molecular weight excluding hydrogens is 192 g/mol. The second-order valence-electron chi connectivity index (χ2n) is 3.22.